The van der Waals surface area contributed by atoms with Crippen LogP contribution in [-0.2, 0) is 0 Å². The summed E-state index contributed by atoms with van der Waals surface area (Å²) in [4.78, 5) is 4.85. The van der Waals surface area contributed by atoms with Gasteiger partial charge in [0.05, 0.1) is 0 Å². The summed E-state index contributed by atoms with van der Waals surface area (Å²) in [6.45, 7) is 7.76. The number of nitrogens with two attached hydrogens (primary N) is 1. The van der Waals surface area contributed by atoms with E-state index in [4.69, 9.17) is 5.73 Å². The van der Waals surface area contributed by atoms with Crippen molar-refractivity contribution in [3.63, 3.8) is 0 Å². The van der Waals surface area contributed by atoms with E-state index in [1.807, 2.05) is 0 Å². The van der Waals surface area contributed by atoms with Crippen molar-refractivity contribution in [1.82, 2.24) is 9.80 Å². The SMILES string of the molecule is CN1CCC(N(C)CCC(C)(C)N)C1. The Morgan fingerprint density at radius 1 is 1.50 bits per heavy atom. The molecular formula is C11H25N3. The van der Waals surface area contributed by atoms with Gasteiger partial charge in [-0.3, -0.25) is 0 Å². The fraction of sp³-hybridized carbons (Fsp3) is 1.00. The van der Waals surface area contributed by atoms with Gasteiger partial charge >= 0.3 is 0 Å². The van der Waals surface area contributed by atoms with Crippen LogP contribution in [-0.4, -0.2) is 55.1 Å². The number of nitrogens with zero attached hydrogens (tertiary/aromatic N) is 2. The number of likely N-dealkylation sites (tertiary alicyclic amines) is 1. The summed E-state index contributed by atoms with van der Waals surface area (Å²) in [5.74, 6) is 0. The fourth-order valence-corrected chi connectivity index (χ4v) is 1.92. The van der Waals surface area contributed by atoms with E-state index in [0.29, 0.717) is 0 Å². The highest BCUT2D eigenvalue weighted by atomic mass is 15.2. The first-order valence-electron chi connectivity index (χ1n) is 5.56. The van der Waals surface area contributed by atoms with E-state index in [-0.39, 0.29) is 5.54 Å². The molecule has 0 aromatic heterocycles. The number of rotatable bonds is 4. The van der Waals surface area contributed by atoms with Gasteiger partial charge in [-0.1, -0.05) is 0 Å². The Morgan fingerprint density at radius 3 is 2.57 bits per heavy atom. The lowest BCUT2D eigenvalue weighted by Gasteiger charge is -2.27. The lowest BCUT2D eigenvalue weighted by molar-refractivity contribution is 0.223. The molecule has 0 aromatic rings. The second kappa shape index (κ2) is 4.60. The average molecular weight is 199 g/mol. The highest BCUT2D eigenvalue weighted by molar-refractivity contribution is 4.82. The van der Waals surface area contributed by atoms with Crippen LogP contribution in [0.1, 0.15) is 26.7 Å². The Balaban J connectivity index is 2.25. The molecule has 2 N–H and O–H groups in total. The van der Waals surface area contributed by atoms with Crippen LogP contribution < -0.4 is 5.73 Å². The molecule has 0 radical (unpaired) electrons. The minimum Gasteiger partial charge on any atom is -0.326 e. The van der Waals surface area contributed by atoms with Gasteiger partial charge in [-0.15, -0.1) is 0 Å². The Labute approximate surface area is 88.2 Å². The second-order valence-corrected chi connectivity index (χ2v) is 5.42. The third kappa shape index (κ3) is 3.95. The Hall–Kier alpha value is -0.120. The molecule has 0 aromatic carbocycles. The molecule has 1 fully saturated rings. The maximum absolute atomic E-state index is 5.97. The van der Waals surface area contributed by atoms with E-state index >= 15 is 0 Å². The molecule has 0 amide bonds. The van der Waals surface area contributed by atoms with Gasteiger partial charge in [-0.05, 0) is 53.9 Å². The Morgan fingerprint density at radius 2 is 2.14 bits per heavy atom. The van der Waals surface area contributed by atoms with Crippen LogP contribution in [0.3, 0.4) is 0 Å². The van der Waals surface area contributed by atoms with Crippen LogP contribution in [0.4, 0.5) is 0 Å². The number of hydrogen-bond donors (Lipinski definition) is 1. The van der Waals surface area contributed by atoms with Gasteiger partial charge in [0.25, 0.3) is 0 Å². The molecule has 14 heavy (non-hydrogen) atoms. The van der Waals surface area contributed by atoms with Gasteiger partial charge in [0.2, 0.25) is 0 Å². The zero-order valence-corrected chi connectivity index (χ0v) is 10.1. The van der Waals surface area contributed by atoms with Gasteiger partial charge in [-0.25, -0.2) is 0 Å². The standard InChI is InChI=1S/C11H25N3/c1-11(2,12)6-8-14(4)10-5-7-13(3)9-10/h10H,5-9,12H2,1-4H3. The largest absolute Gasteiger partial charge is 0.326 e. The molecule has 3 nitrogen and oxygen atoms in total. The molecule has 1 unspecified atom stereocenters. The lowest BCUT2D eigenvalue weighted by Crippen LogP contribution is -2.40. The summed E-state index contributed by atoms with van der Waals surface area (Å²) in [5, 5.41) is 0. The fourth-order valence-electron chi connectivity index (χ4n) is 1.92. The minimum atomic E-state index is -0.0290. The maximum Gasteiger partial charge on any atom is 0.0232 e. The van der Waals surface area contributed by atoms with Crippen molar-refractivity contribution in [2.24, 2.45) is 5.73 Å². The molecule has 1 aliphatic rings. The highest BCUT2D eigenvalue weighted by Gasteiger charge is 2.23. The molecule has 1 aliphatic heterocycles. The van der Waals surface area contributed by atoms with Crippen molar-refractivity contribution in [2.75, 3.05) is 33.7 Å². The van der Waals surface area contributed by atoms with Crippen LogP contribution >= 0.6 is 0 Å². The summed E-state index contributed by atoms with van der Waals surface area (Å²) >= 11 is 0. The molecule has 1 rings (SSSR count). The summed E-state index contributed by atoms with van der Waals surface area (Å²) in [5.41, 5.74) is 5.94. The molecule has 0 aliphatic carbocycles. The normalized spacial score (nSPS) is 24.9. The molecule has 1 saturated heterocycles. The smallest absolute Gasteiger partial charge is 0.0232 e. The van der Waals surface area contributed by atoms with E-state index in [1.54, 1.807) is 0 Å². The molecule has 0 spiro atoms. The first kappa shape index (κ1) is 12.0. The van der Waals surface area contributed by atoms with E-state index in [2.05, 4.69) is 37.7 Å². The average Bonchev–Trinajstić information content (AvgIpc) is 2.46. The summed E-state index contributed by atoms with van der Waals surface area (Å²) in [6, 6.07) is 0.738. The lowest BCUT2D eigenvalue weighted by atomic mass is 10.0. The maximum atomic E-state index is 5.97. The predicted octanol–water partition coefficient (Wildman–Crippen LogP) is 0.750. The van der Waals surface area contributed by atoms with Crippen LogP contribution in [0.25, 0.3) is 0 Å². The van der Waals surface area contributed by atoms with E-state index in [1.165, 1.54) is 19.5 Å². The summed E-state index contributed by atoms with van der Waals surface area (Å²) < 4.78 is 0. The molecule has 0 bridgehead atoms. The molecule has 3 heteroatoms. The van der Waals surface area contributed by atoms with E-state index in [0.717, 1.165) is 19.0 Å². The van der Waals surface area contributed by atoms with Crippen molar-refractivity contribution in [2.45, 2.75) is 38.3 Å². The van der Waals surface area contributed by atoms with Crippen molar-refractivity contribution >= 4 is 0 Å². The Kier molecular flexibility index (Phi) is 3.93. The minimum absolute atomic E-state index is 0.0290. The third-order valence-corrected chi connectivity index (χ3v) is 3.10. The van der Waals surface area contributed by atoms with Crippen LogP contribution in [0.15, 0.2) is 0 Å². The summed E-state index contributed by atoms with van der Waals surface area (Å²) in [6.07, 6.45) is 2.38. The van der Waals surface area contributed by atoms with Crippen LogP contribution in [0, 0.1) is 0 Å². The van der Waals surface area contributed by atoms with Crippen molar-refractivity contribution in [1.29, 1.82) is 0 Å². The van der Waals surface area contributed by atoms with Crippen molar-refractivity contribution < 1.29 is 0 Å². The highest BCUT2D eigenvalue weighted by Crippen LogP contribution is 2.14. The quantitative estimate of drug-likeness (QED) is 0.725. The van der Waals surface area contributed by atoms with Crippen LogP contribution in [0.2, 0.25) is 0 Å². The molecule has 84 valence electrons. The van der Waals surface area contributed by atoms with Gasteiger partial charge in [0, 0.05) is 18.1 Å². The first-order valence-corrected chi connectivity index (χ1v) is 5.56. The second-order valence-electron chi connectivity index (χ2n) is 5.42. The Bertz CT molecular complexity index is 174. The number of likely N-dealkylation sites (N-methyl/N-ethyl adjacent to an activating group) is 2. The topological polar surface area (TPSA) is 32.5 Å². The van der Waals surface area contributed by atoms with E-state index < -0.39 is 0 Å². The van der Waals surface area contributed by atoms with Gasteiger partial charge in [0.1, 0.15) is 0 Å². The first-order chi connectivity index (χ1) is 6.38. The van der Waals surface area contributed by atoms with E-state index in [9.17, 15) is 0 Å². The zero-order valence-electron chi connectivity index (χ0n) is 10.1. The van der Waals surface area contributed by atoms with Crippen molar-refractivity contribution in [3.8, 4) is 0 Å². The molecular weight excluding hydrogens is 174 g/mol. The monoisotopic (exact) mass is 199 g/mol. The van der Waals surface area contributed by atoms with Crippen molar-refractivity contribution in [3.05, 3.63) is 0 Å². The molecule has 1 heterocycles. The third-order valence-electron chi connectivity index (χ3n) is 3.10. The summed E-state index contributed by atoms with van der Waals surface area (Å²) in [7, 11) is 4.41. The zero-order chi connectivity index (χ0) is 10.8. The van der Waals surface area contributed by atoms with Gasteiger partial charge in [0.15, 0.2) is 0 Å². The van der Waals surface area contributed by atoms with Crippen LogP contribution in [0.5, 0.6) is 0 Å². The van der Waals surface area contributed by atoms with Gasteiger partial charge < -0.3 is 15.5 Å². The van der Waals surface area contributed by atoms with Gasteiger partial charge in [-0.2, -0.15) is 0 Å². The molecule has 1 atom stereocenters. The predicted molar refractivity (Wildman–Crippen MR) is 61.4 cm³/mol. The molecule has 0 saturated carbocycles. The number of hydrogen-bond acceptors (Lipinski definition) is 3.